The fraction of sp³-hybridized carbons (Fsp3) is 0.500. The monoisotopic (exact) mass is 348 g/mol. The highest BCUT2D eigenvalue weighted by molar-refractivity contribution is 7.89. The van der Waals surface area contributed by atoms with E-state index >= 15 is 0 Å². The highest BCUT2D eigenvalue weighted by Gasteiger charge is 2.36. The molecule has 2 fully saturated rings. The molecule has 3 N–H and O–H groups in total. The minimum atomic E-state index is -3.45. The molecule has 0 atom stereocenters. The quantitative estimate of drug-likeness (QED) is 0.854. The van der Waals surface area contributed by atoms with Gasteiger partial charge < -0.3 is 10.3 Å². The van der Waals surface area contributed by atoms with E-state index in [-0.39, 0.29) is 10.9 Å². The maximum Gasteiger partial charge on any atom is 0.257 e. The molecule has 7 nitrogen and oxygen atoms in total. The lowest BCUT2D eigenvalue weighted by Gasteiger charge is -2.17. The molecular formula is C16H20N4O3S. The van der Waals surface area contributed by atoms with E-state index in [9.17, 15) is 8.42 Å². The zero-order chi connectivity index (χ0) is 16.8. The summed E-state index contributed by atoms with van der Waals surface area (Å²) >= 11 is 0. The molecule has 2 aliphatic carbocycles. The van der Waals surface area contributed by atoms with E-state index in [2.05, 4.69) is 14.9 Å². The number of nitrogens with one attached hydrogen (secondary N) is 1. The first kappa shape index (κ1) is 15.7. The Morgan fingerprint density at radius 1 is 1.17 bits per heavy atom. The molecular weight excluding hydrogens is 328 g/mol. The van der Waals surface area contributed by atoms with Crippen molar-refractivity contribution in [3.8, 4) is 11.5 Å². The molecule has 1 heterocycles. The molecule has 1 aromatic heterocycles. The molecule has 0 radical (unpaired) electrons. The van der Waals surface area contributed by atoms with Gasteiger partial charge in [-0.25, -0.2) is 13.1 Å². The lowest BCUT2D eigenvalue weighted by atomic mass is 9.99. The minimum absolute atomic E-state index is 0.0836. The predicted octanol–water partition coefficient (Wildman–Crippen LogP) is 1.91. The van der Waals surface area contributed by atoms with Gasteiger partial charge in [-0.15, -0.1) is 0 Å². The molecule has 2 aromatic rings. The van der Waals surface area contributed by atoms with E-state index in [1.807, 2.05) is 0 Å². The zero-order valence-corrected chi connectivity index (χ0v) is 14.1. The maximum absolute atomic E-state index is 12.2. The molecule has 0 spiro atoms. The highest BCUT2D eigenvalue weighted by atomic mass is 32.2. The molecule has 0 bridgehead atoms. The van der Waals surface area contributed by atoms with Gasteiger partial charge in [-0.1, -0.05) is 18.0 Å². The molecule has 2 saturated carbocycles. The van der Waals surface area contributed by atoms with Crippen LogP contribution in [0.1, 0.15) is 44.3 Å². The van der Waals surface area contributed by atoms with Gasteiger partial charge in [0.2, 0.25) is 10.0 Å². The van der Waals surface area contributed by atoms with Crippen LogP contribution in [0.4, 0.5) is 0 Å². The third-order valence-corrected chi connectivity index (χ3v) is 6.21. The summed E-state index contributed by atoms with van der Waals surface area (Å²) in [5.41, 5.74) is 6.51. The van der Waals surface area contributed by atoms with E-state index in [0.717, 1.165) is 38.5 Å². The number of rotatable bonds is 5. The van der Waals surface area contributed by atoms with Crippen LogP contribution in [0, 0.1) is 0 Å². The van der Waals surface area contributed by atoms with Crippen molar-refractivity contribution in [2.45, 2.75) is 55.0 Å². The van der Waals surface area contributed by atoms with Crippen LogP contribution >= 0.6 is 0 Å². The lowest BCUT2D eigenvalue weighted by Crippen LogP contribution is -2.34. The van der Waals surface area contributed by atoms with E-state index in [1.54, 1.807) is 24.3 Å². The standard InChI is InChI=1S/C16H20N4O3S/c17-16(9-1-2-10-16)15-18-14(23-19-15)11-3-7-13(8-4-11)24(21,22)20-12-5-6-12/h3-4,7-8,12,20H,1-2,5-6,9-10,17H2. The Hall–Kier alpha value is -1.77. The summed E-state index contributed by atoms with van der Waals surface area (Å²) in [6.07, 6.45) is 5.67. The third-order valence-electron chi connectivity index (χ3n) is 4.68. The smallest absolute Gasteiger partial charge is 0.257 e. The van der Waals surface area contributed by atoms with Crippen LogP contribution in [-0.4, -0.2) is 24.6 Å². The summed E-state index contributed by atoms with van der Waals surface area (Å²) in [5.74, 6) is 0.892. The summed E-state index contributed by atoms with van der Waals surface area (Å²) in [5, 5.41) is 4.02. The number of benzene rings is 1. The second-order valence-electron chi connectivity index (χ2n) is 6.71. The Bertz CT molecular complexity index is 834. The number of nitrogens with two attached hydrogens (primary N) is 1. The summed E-state index contributed by atoms with van der Waals surface area (Å²) in [4.78, 5) is 4.66. The molecule has 24 heavy (non-hydrogen) atoms. The van der Waals surface area contributed by atoms with Gasteiger partial charge in [-0.2, -0.15) is 4.98 Å². The second kappa shape index (κ2) is 5.65. The summed E-state index contributed by atoms with van der Waals surface area (Å²) < 4.78 is 32.3. The first-order chi connectivity index (χ1) is 11.5. The summed E-state index contributed by atoms with van der Waals surface area (Å²) in [6, 6.07) is 6.54. The Balaban J connectivity index is 1.56. The van der Waals surface area contributed by atoms with Crippen molar-refractivity contribution >= 4 is 10.0 Å². The van der Waals surface area contributed by atoms with E-state index in [4.69, 9.17) is 10.3 Å². The van der Waals surface area contributed by atoms with Gasteiger partial charge in [0, 0.05) is 11.6 Å². The van der Waals surface area contributed by atoms with Crippen LogP contribution in [0.25, 0.3) is 11.5 Å². The molecule has 4 rings (SSSR count). The minimum Gasteiger partial charge on any atom is -0.334 e. The van der Waals surface area contributed by atoms with Crippen molar-refractivity contribution in [2.24, 2.45) is 5.73 Å². The molecule has 128 valence electrons. The van der Waals surface area contributed by atoms with Crippen LogP contribution in [0.2, 0.25) is 0 Å². The van der Waals surface area contributed by atoms with E-state index in [0.29, 0.717) is 17.3 Å². The van der Waals surface area contributed by atoms with Gasteiger partial charge in [0.15, 0.2) is 5.82 Å². The van der Waals surface area contributed by atoms with Crippen molar-refractivity contribution in [3.63, 3.8) is 0 Å². The largest absolute Gasteiger partial charge is 0.334 e. The highest BCUT2D eigenvalue weighted by Crippen LogP contribution is 2.35. The van der Waals surface area contributed by atoms with Gasteiger partial charge in [0.25, 0.3) is 5.89 Å². The molecule has 0 aliphatic heterocycles. The Morgan fingerprint density at radius 3 is 2.46 bits per heavy atom. The Kier molecular flexibility index (Phi) is 3.70. The summed E-state index contributed by atoms with van der Waals surface area (Å²) in [7, 11) is -3.45. The molecule has 1 aromatic carbocycles. The van der Waals surface area contributed by atoms with Crippen molar-refractivity contribution in [2.75, 3.05) is 0 Å². The van der Waals surface area contributed by atoms with Gasteiger partial charge in [0.1, 0.15) is 0 Å². The third kappa shape index (κ3) is 2.97. The van der Waals surface area contributed by atoms with Gasteiger partial charge in [-0.3, -0.25) is 0 Å². The van der Waals surface area contributed by atoms with Crippen LogP contribution < -0.4 is 10.5 Å². The average Bonchev–Trinajstić information content (AvgIpc) is 3.04. The molecule has 2 aliphatic rings. The fourth-order valence-corrected chi connectivity index (χ4v) is 4.34. The summed E-state index contributed by atoms with van der Waals surface area (Å²) in [6.45, 7) is 0. The van der Waals surface area contributed by atoms with Crippen LogP contribution in [0.15, 0.2) is 33.7 Å². The number of sulfonamides is 1. The number of hydrogen-bond acceptors (Lipinski definition) is 6. The number of hydrogen-bond donors (Lipinski definition) is 2. The van der Waals surface area contributed by atoms with E-state index in [1.165, 1.54) is 0 Å². The van der Waals surface area contributed by atoms with Crippen molar-refractivity contribution in [3.05, 3.63) is 30.1 Å². The normalized spacial score (nSPS) is 20.4. The SMILES string of the molecule is NC1(c2noc(-c3ccc(S(=O)(=O)NC4CC4)cc3)n2)CCCC1. The van der Waals surface area contributed by atoms with Crippen LogP contribution in [-0.2, 0) is 15.6 Å². The lowest BCUT2D eigenvalue weighted by molar-refractivity contribution is 0.372. The second-order valence-corrected chi connectivity index (χ2v) is 8.42. The van der Waals surface area contributed by atoms with Crippen molar-refractivity contribution in [1.82, 2.24) is 14.9 Å². The number of aromatic nitrogens is 2. The van der Waals surface area contributed by atoms with Gasteiger partial charge >= 0.3 is 0 Å². The fourth-order valence-electron chi connectivity index (χ4n) is 3.04. The van der Waals surface area contributed by atoms with Gasteiger partial charge in [-0.05, 0) is 49.9 Å². The zero-order valence-electron chi connectivity index (χ0n) is 13.2. The van der Waals surface area contributed by atoms with Crippen molar-refractivity contribution in [1.29, 1.82) is 0 Å². The average molecular weight is 348 g/mol. The topological polar surface area (TPSA) is 111 Å². The Morgan fingerprint density at radius 2 is 1.83 bits per heavy atom. The predicted molar refractivity (Wildman–Crippen MR) is 87.4 cm³/mol. The first-order valence-corrected chi connectivity index (χ1v) is 9.70. The molecule has 0 unspecified atom stereocenters. The van der Waals surface area contributed by atoms with Gasteiger partial charge in [0.05, 0.1) is 10.4 Å². The Labute approximate surface area is 140 Å². The molecule has 0 amide bonds. The molecule has 0 saturated heterocycles. The van der Waals surface area contributed by atoms with E-state index < -0.39 is 15.6 Å². The molecule has 8 heteroatoms. The van der Waals surface area contributed by atoms with Crippen molar-refractivity contribution < 1.29 is 12.9 Å². The number of nitrogens with zero attached hydrogens (tertiary/aromatic N) is 2. The van der Waals surface area contributed by atoms with Crippen LogP contribution in [0.3, 0.4) is 0 Å². The first-order valence-electron chi connectivity index (χ1n) is 8.22. The maximum atomic E-state index is 12.2. The van der Waals surface area contributed by atoms with Crippen LogP contribution in [0.5, 0.6) is 0 Å².